The van der Waals surface area contributed by atoms with Crippen molar-refractivity contribution in [2.75, 3.05) is 59.7 Å². The molecule has 22 nitrogen and oxygen atoms in total. The summed E-state index contributed by atoms with van der Waals surface area (Å²) in [7, 11) is -1.92. The SMILES string of the molecule is COc1cc2c(cc1OCc1cc(COc3cc4c(cc3OC)C(=O)N3c5ccccc5C[C@H]3C(S(=O)(=O)O)N4)cc(NC(=O)[C@H](C)NC(=O)[C@H](C)NC(=O)CCCCC(=O)NCCCO)c1)NC[C@@H]1Cc3ccccc3N1C2=O. The number of methoxy groups -OCH3 is 2. The summed E-state index contributed by atoms with van der Waals surface area (Å²) in [6, 6.07) is 23.0. The van der Waals surface area contributed by atoms with Crippen LogP contribution >= 0.6 is 0 Å². The minimum atomic E-state index is -4.78. The van der Waals surface area contributed by atoms with E-state index in [0.717, 1.165) is 16.8 Å². The number of nitrogens with zero attached hydrogens (tertiary/aromatic N) is 2. The van der Waals surface area contributed by atoms with E-state index in [1.807, 2.05) is 29.2 Å². The summed E-state index contributed by atoms with van der Waals surface area (Å²) in [6.07, 6.45) is 2.46. The number of aliphatic hydroxyl groups excluding tert-OH is 1. The molecule has 0 saturated heterocycles. The van der Waals surface area contributed by atoms with Crippen LogP contribution in [0.15, 0.2) is 91.0 Å². The fourth-order valence-electron chi connectivity index (χ4n) is 10.4. The molecule has 0 spiro atoms. The Hall–Kier alpha value is -8.41. The number of hydrogen-bond donors (Lipinski definition) is 8. The molecule has 9 rings (SSSR count). The van der Waals surface area contributed by atoms with E-state index in [4.69, 9.17) is 24.1 Å². The van der Waals surface area contributed by atoms with Crippen molar-refractivity contribution < 1.29 is 65.8 Å². The molecule has 5 aromatic rings. The second-order valence-electron chi connectivity index (χ2n) is 20.1. The summed E-state index contributed by atoms with van der Waals surface area (Å²) in [6.45, 7) is 3.52. The summed E-state index contributed by atoms with van der Waals surface area (Å²) >= 11 is 0. The van der Waals surface area contributed by atoms with Crippen molar-refractivity contribution in [3.63, 3.8) is 0 Å². The van der Waals surface area contributed by atoms with Crippen LogP contribution in [-0.2, 0) is 55.4 Å². The largest absolute Gasteiger partial charge is 0.493 e. The van der Waals surface area contributed by atoms with Gasteiger partial charge in [0.1, 0.15) is 25.3 Å². The lowest BCUT2D eigenvalue weighted by atomic mass is 10.1. The lowest BCUT2D eigenvalue weighted by molar-refractivity contribution is -0.130. The molecule has 4 aliphatic heterocycles. The maximum atomic E-state index is 14.3. The molecular weight excluding hydrogens is 1050 g/mol. The maximum absolute atomic E-state index is 14.3. The highest BCUT2D eigenvalue weighted by molar-refractivity contribution is 7.86. The number of anilines is 5. The fraction of sp³-hybridized carbons (Fsp3) is 0.368. The zero-order chi connectivity index (χ0) is 56.8. The van der Waals surface area contributed by atoms with Gasteiger partial charge in [-0.05, 0) is 111 Å². The second-order valence-corrected chi connectivity index (χ2v) is 21.6. The summed E-state index contributed by atoms with van der Waals surface area (Å²) in [5.41, 5.74) is 5.64. The van der Waals surface area contributed by atoms with Crippen LogP contribution in [-0.4, -0.2) is 117 Å². The van der Waals surface area contributed by atoms with Crippen LogP contribution in [0.5, 0.6) is 23.0 Å². The lowest BCUT2D eigenvalue weighted by Crippen LogP contribution is -2.50. The summed E-state index contributed by atoms with van der Waals surface area (Å²) in [5.74, 6) is -1.64. The Kier molecular flexibility index (Phi) is 17.1. The van der Waals surface area contributed by atoms with Gasteiger partial charge in [-0.25, -0.2) is 0 Å². The van der Waals surface area contributed by atoms with Gasteiger partial charge in [-0.1, -0.05) is 36.4 Å². The van der Waals surface area contributed by atoms with E-state index < -0.39 is 57.2 Å². The Labute approximate surface area is 462 Å². The standard InChI is InChI=1S/C57H64N8O14S/c1-32(60-52(68)17-10-9-16-51(67)58-18-11-19-66)53(69)61-33(2)54(70)62-38-21-34(30-78-49-27-42-40(25-47(49)76-3)56(71)64-39(29-59-42)23-36-12-5-7-14-44(36)64)20-35(22-38)31-79-50-28-43-41(26-48(50)77-4)57(72)65-45-15-8-6-13-37(45)24-46(65)55(63-43)80(73,74)75/h5-8,12-15,20-22,25-28,32-33,39,46,55,59,63,66H,9-11,16-19,23-24,29-31H2,1-4H3,(H,58,67)(H,60,68)(H,61,69)(H,62,70)(H,73,74,75)/t32-,33-,39-,46-,55?/m0/s1. The number of nitrogens with one attached hydrogen (secondary N) is 6. The number of benzene rings is 5. The highest BCUT2D eigenvalue weighted by atomic mass is 32.2. The quantitative estimate of drug-likeness (QED) is 0.0331. The molecule has 4 aliphatic rings. The first-order chi connectivity index (χ1) is 38.4. The summed E-state index contributed by atoms with van der Waals surface area (Å²) in [5, 5.41) is 24.4. The van der Waals surface area contributed by atoms with Crippen LogP contribution in [0.2, 0.25) is 0 Å². The van der Waals surface area contributed by atoms with Gasteiger partial charge in [0.05, 0.1) is 48.8 Å². The predicted molar refractivity (Wildman–Crippen MR) is 297 cm³/mol. The Bertz CT molecular complexity index is 3340. The molecule has 0 aliphatic carbocycles. The molecule has 0 fully saturated rings. The van der Waals surface area contributed by atoms with E-state index in [1.54, 1.807) is 54.6 Å². The molecule has 6 amide bonds. The Balaban J connectivity index is 0.932. The molecule has 4 heterocycles. The first-order valence-electron chi connectivity index (χ1n) is 26.3. The van der Waals surface area contributed by atoms with Gasteiger partial charge in [0.2, 0.25) is 23.6 Å². The van der Waals surface area contributed by atoms with E-state index >= 15 is 0 Å². The van der Waals surface area contributed by atoms with Crippen molar-refractivity contribution >= 4 is 74.0 Å². The average Bonchev–Trinajstić information content (AvgIpc) is 4.18. The highest BCUT2D eigenvalue weighted by Gasteiger charge is 2.47. The van der Waals surface area contributed by atoms with Crippen LogP contribution in [0, 0.1) is 0 Å². The van der Waals surface area contributed by atoms with Crippen molar-refractivity contribution in [2.24, 2.45) is 0 Å². The van der Waals surface area contributed by atoms with Crippen molar-refractivity contribution in [1.29, 1.82) is 0 Å². The fourth-order valence-corrected chi connectivity index (χ4v) is 11.3. The van der Waals surface area contributed by atoms with E-state index in [2.05, 4.69) is 31.9 Å². The molecular formula is C57H64N8O14S. The smallest absolute Gasteiger partial charge is 0.288 e. The van der Waals surface area contributed by atoms with Crippen LogP contribution in [0.4, 0.5) is 28.4 Å². The Morgan fingerprint density at radius 3 is 1.88 bits per heavy atom. The first-order valence-corrected chi connectivity index (χ1v) is 27.8. The van der Waals surface area contributed by atoms with Gasteiger partial charge >= 0.3 is 0 Å². The van der Waals surface area contributed by atoms with Gasteiger partial charge < -0.3 is 65.8 Å². The minimum absolute atomic E-state index is 0.0303. The number of unbranched alkanes of at least 4 members (excludes halogenated alkanes) is 1. The van der Waals surface area contributed by atoms with Gasteiger partial charge in [-0.2, -0.15) is 8.42 Å². The molecule has 0 saturated carbocycles. The number of amides is 6. The highest BCUT2D eigenvalue weighted by Crippen LogP contribution is 2.44. The molecule has 0 aromatic heterocycles. The normalized spacial score (nSPS) is 17.4. The molecule has 80 heavy (non-hydrogen) atoms. The molecule has 0 radical (unpaired) electrons. The number of rotatable bonds is 22. The van der Waals surface area contributed by atoms with E-state index in [1.165, 1.54) is 45.1 Å². The number of fused-ring (bicyclic) bond motifs is 8. The van der Waals surface area contributed by atoms with Gasteiger partial charge in [0, 0.05) is 61.7 Å². The van der Waals surface area contributed by atoms with Crippen LogP contribution in [0.1, 0.15) is 88.9 Å². The number of hydrogen-bond acceptors (Lipinski definition) is 15. The van der Waals surface area contributed by atoms with Crippen molar-refractivity contribution in [3.05, 3.63) is 124 Å². The van der Waals surface area contributed by atoms with Gasteiger partial charge in [-0.15, -0.1) is 0 Å². The van der Waals surface area contributed by atoms with Crippen molar-refractivity contribution in [1.82, 2.24) is 16.0 Å². The third-order valence-electron chi connectivity index (χ3n) is 14.4. The molecule has 1 unspecified atom stereocenters. The molecule has 5 atom stereocenters. The molecule has 5 aromatic carbocycles. The minimum Gasteiger partial charge on any atom is -0.493 e. The molecule has 8 N–H and O–H groups in total. The first kappa shape index (κ1) is 56.3. The summed E-state index contributed by atoms with van der Waals surface area (Å²) < 4.78 is 60.8. The zero-order valence-electron chi connectivity index (χ0n) is 44.6. The monoisotopic (exact) mass is 1120 g/mol. The predicted octanol–water partition coefficient (Wildman–Crippen LogP) is 5.08. The average molecular weight is 1120 g/mol. The zero-order valence-corrected chi connectivity index (χ0v) is 45.4. The van der Waals surface area contributed by atoms with Gasteiger partial charge in [-0.3, -0.25) is 33.3 Å². The van der Waals surface area contributed by atoms with Gasteiger partial charge in [0.25, 0.3) is 21.9 Å². The number of aliphatic hydroxyl groups is 1. The molecule has 23 heteroatoms. The summed E-state index contributed by atoms with van der Waals surface area (Å²) in [4.78, 5) is 83.3. The van der Waals surface area contributed by atoms with Crippen molar-refractivity contribution in [2.45, 2.75) is 102 Å². The van der Waals surface area contributed by atoms with E-state index in [0.29, 0.717) is 78.3 Å². The number of carbonyl (C=O) groups excluding carboxylic acids is 6. The third kappa shape index (κ3) is 12.4. The molecule has 0 bridgehead atoms. The van der Waals surface area contributed by atoms with E-state index in [-0.39, 0.29) is 85.4 Å². The van der Waals surface area contributed by atoms with Gasteiger partial charge in [0.15, 0.2) is 28.4 Å². The molecule has 422 valence electrons. The number of para-hydroxylation sites is 2. The van der Waals surface area contributed by atoms with Crippen LogP contribution in [0.3, 0.4) is 0 Å². The Morgan fingerprint density at radius 1 is 0.688 bits per heavy atom. The Morgan fingerprint density at radius 2 is 1.25 bits per heavy atom. The van der Waals surface area contributed by atoms with Crippen LogP contribution < -0.4 is 60.6 Å². The third-order valence-corrected chi connectivity index (χ3v) is 15.5. The van der Waals surface area contributed by atoms with Crippen molar-refractivity contribution in [3.8, 4) is 23.0 Å². The number of carbonyl (C=O) groups is 6. The number of ether oxygens (including phenoxy) is 4. The van der Waals surface area contributed by atoms with Crippen LogP contribution in [0.25, 0.3) is 0 Å². The lowest BCUT2D eigenvalue weighted by Gasteiger charge is -2.27. The second kappa shape index (κ2) is 24.3. The maximum Gasteiger partial charge on any atom is 0.288 e. The topological polar surface area (TPSA) is 293 Å². The van der Waals surface area contributed by atoms with E-state index in [9.17, 15) is 41.7 Å².